The Morgan fingerprint density at radius 2 is 1.81 bits per heavy atom. The molecule has 2 aromatic carbocycles. The van der Waals surface area contributed by atoms with Gasteiger partial charge >= 0.3 is 5.97 Å². The van der Waals surface area contributed by atoms with Gasteiger partial charge in [-0.15, -0.1) is 0 Å². The van der Waals surface area contributed by atoms with E-state index >= 15 is 0 Å². The van der Waals surface area contributed by atoms with Crippen LogP contribution >= 0.6 is 0 Å². The Bertz CT molecular complexity index is 699. The molecule has 21 heavy (non-hydrogen) atoms. The molecule has 5 heteroatoms. The highest BCUT2D eigenvalue weighted by molar-refractivity contribution is 5.90. The standard InChI is InChI=1S/C16H15F2NO2/c1-9-3-4-11(5-10(9)2)8-21-16(20)12-6-14(18)15(19)7-13(12)17/h3-7H,8,19H2,1-2H3. The maximum Gasteiger partial charge on any atom is 0.341 e. The maximum absolute atomic E-state index is 13.6. The van der Waals surface area contributed by atoms with Crippen molar-refractivity contribution >= 4 is 11.7 Å². The van der Waals surface area contributed by atoms with Crippen LogP contribution in [0.25, 0.3) is 0 Å². The molecule has 0 radical (unpaired) electrons. The van der Waals surface area contributed by atoms with Crippen molar-refractivity contribution in [1.82, 2.24) is 0 Å². The number of rotatable bonds is 3. The third-order valence-electron chi connectivity index (χ3n) is 3.25. The minimum absolute atomic E-state index is 0.00854. The molecule has 0 heterocycles. The Kier molecular flexibility index (Phi) is 4.21. The molecular weight excluding hydrogens is 276 g/mol. The Morgan fingerprint density at radius 3 is 2.48 bits per heavy atom. The molecule has 0 unspecified atom stereocenters. The molecule has 110 valence electrons. The van der Waals surface area contributed by atoms with Gasteiger partial charge in [0.05, 0.1) is 11.3 Å². The van der Waals surface area contributed by atoms with Crippen LogP contribution in [0.5, 0.6) is 0 Å². The maximum atomic E-state index is 13.6. The van der Waals surface area contributed by atoms with E-state index in [2.05, 4.69) is 0 Å². The molecule has 0 aromatic heterocycles. The fraction of sp³-hybridized carbons (Fsp3) is 0.188. The average molecular weight is 291 g/mol. The smallest absolute Gasteiger partial charge is 0.341 e. The summed E-state index contributed by atoms with van der Waals surface area (Å²) < 4.78 is 31.9. The van der Waals surface area contributed by atoms with Gasteiger partial charge in [-0.3, -0.25) is 0 Å². The number of aryl methyl sites for hydroxylation is 2. The van der Waals surface area contributed by atoms with E-state index in [0.29, 0.717) is 0 Å². The topological polar surface area (TPSA) is 52.3 Å². The summed E-state index contributed by atoms with van der Waals surface area (Å²) in [6, 6.07) is 7.11. The monoisotopic (exact) mass is 291 g/mol. The summed E-state index contributed by atoms with van der Waals surface area (Å²) in [6.45, 7) is 3.90. The summed E-state index contributed by atoms with van der Waals surface area (Å²) in [5.41, 5.74) is 7.37. The van der Waals surface area contributed by atoms with Crippen LogP contribution in [0, 0.1) is 25.5 Å². The highest BCUT2D eigenvalue weighted by Gasteiger charge is 2.16. The van der Waals surface area contributed by atoms with E-state index in [4.69, 9.17) is 10.5 Å². The quantitative estimate of drug-likeness (QED) is 0.695. The summed E-state index contributed by atoms with van der Waals surface area (Å²) >= 11 is 0. The number of nitrogen functional groups attached to an aromatic ring is 1. The predicted octanol–water partition coefficient (Wildman–Crippen LogP) is 3.52. The zero-order valence-electron chi connectivity index (χ0n) is 11.7. The number of hydrogen-bond acceptors (Lipinski definition) is 3. The van der Waals surface area contributed by atoms with Crippen LogP contribution in [0.4, 0.5) is 14.5 Å². The van der Waals surface area contributed by atoms with Gasteiger partial charge in [0, 0.05) is 6.07 Å². The molecule has 0 saturated carbocycles. The van der Waals surface area contributed by atoms with E-state index in [0.717, 1.165) is 28.8 Å². The summed E-state index contributed by atoms with van der Waals surface area (Å²) in [7, 11) is 0. The van der Waals surface area contributed by atoms with Gasteiger partial charge in [0.1, 0.15) is 18.2 Å². The van der Waals surface area contributed by atoms with Crippen LogP contribution in [0.15, 0.2) is 30.3 Å². The third kappa shape index (κ3) is 3.37. The highest BCUT2D eigenvalue weighted by Crippen LogP contribution is 2.18. The molecule has 0 fully saturated rings. The largest absolute Gasteiger partial charge is 0.457 e. The molecule has 0 atom stereocenters. The van der Waals surface area contributed by atoms with Gasteiger partial charge in [-0.25, -0.2) is 13.6 Å². The SMILES string of the molecule is Cc1ccc(COC(=O)c2cc(F)c(N)cc2F)cc1C. The van der Waals surface area contributed by atoms with Crippen molar-refractivity contribution in [3.63, 3.8) is 0 Å². The molecule has 0 aliphatic heterocycles. The van der Waals surface area contributed by atoms with E-state index in [9.17, 15) is 13.6 Å². The van der Waals surface area contributed by atoms with Gasteiger partial charge in [-0.2, -0.15) is 0 Å². The van der Waals surface area contributed by atoms with E-state index in [1.54, 1.807) is 0 Å². The van der Waals surface area contributed by atoms with E-state index in [-0.39, 0.29) is 12.3 Å². The second-order valence-electron chi connectivity index (χ2n) is 4.85. The first kappa shape index (κ1) is 15.0. The molecule has 0 bridgehead atoms. The fourth-order valence-corrected chi connectivity index (χ4v) is 1.84. The minimum Gasteiger partial charge on any atom is -0.457 e. The average Bonchev–Trinajstić information content (AvgIpc) is 2.44. The van der Waals surface area contributed by atoms with Crippen molar-refractivity contribution in [2.75, 3.05) is 5.73 Å². The van der Waals surface area contributed by atoms with E-state index < -0.39 is 23.2 Å². The molecule has 2 N–H and O–H groups in total. The highest BCUT2D eigenvalue weighted by atomic mass is 19.1. The van der Waals surface area contributed by atoms with Crippen LogP contribution in [-0.2, 0) is 11.3 Å². The molecular formula is C16H15F2NO2. The number of benzene rings is 2. The van der Waals surface area contributed by atoms with Crippen molar-refractivity contribution in [3.05, 3.63) is 64.2 Å². The first-order valence-electron chi connectivity index (χ1n) is 6.36. The Balaban J connectivity index is 2.11. The Labute approximate surface area is 121 Å². The minimum atomic E-state index is -0.926. The number of esters is 1. The number of carbonyl (C=O) groups excluding carboxylic acids is 1. The molecule has 0 saturated heterocycles. The van der Waals surface area contributed by atoms with E-state index in [1.165, 1.54) is 0 Å². The van der Waals surface area contributed by atoms with Crippen LogP contribution in [0.2, 0.25) is 0 Å². The number of nitrogens with two attached hydrogens (primary N) is 1. The van der Waals surface area contributed by atoms with Crippen molar-refractivity contribution in [2.45, 2.75) is 20.5 Å². The summed E-state index contributed by atoms with van der Waals surface area (Å²) in [5, 5.41) is 0. The van der Waals surface area contributed by atoms with Crippen LogP contribution < -0.4 is 5.73 Å². The lowest BCUT2D eigenvalue weighted by molar-refractivity contribution is 0.0466. The molecule has 2 aromatic rings. The van der Waals surface area contributed by atoms with Crippen LogP contribution in [0.1, 0.15) is 27.0 Å². The van der Waals surface area contributed by atoms with Crippen LogP contribution in [-0.4, -0.2) is 5.97 Å². The molecule has 0 spiro atoms. The van der Waals surface area contributed by atoms with Crippen molar-refractivity contribution in [2.24, 2.45) is 0 Å². The first-order valence-corrected chi connectivity index (χ1v) is 6.36. The molecule has 2 rings (SSSR count). The number of carbonyl (C=O) groups is 1. The first-order chi connectivity index (χ1) is 9.88. The molecule has 0 aliphatic rings. The Hall–Kier alpha value is -2.43. The molecule has 0 aliphatic carbocycles. The zero-order chi connectivity index (χ0) is 15.6. The lowest BCUT2D eigenvalue weighted by atomic mass is 10.1. The number of anilines is 1. The number of hydrogen-bond donors (Lipinski definition) is 1. The number of ether oxygens (including phenoxy) is 1. The Morgan fingerprint density at radius 1 is 1.10 bits per heavy atom. The summed E-state index contributed by atoms with van der Waals surface area (Å²) in [5.74, 6) is -2.68. The van der Waals surface area contributed by atoms with Gasteiger partial charge in [0.2, 0.25) is 0 Å². The summed E-state index contributed by atoms with van der Waals surface area (Å²) in [6.07, 6.45) is 0. The zero-order valence-corrected chi connectivity index (χ0v) is 11.7. The normalized spacial score (nSPS) is 10.5. The van der Waals surface area contributed by atoms with Crippen molar-refractivity contribution in [3.8, 4) is 0 Å². The van der Waals surface area contributed by atoms with Crippen molar-refractivity contribution in [1.29, 1.82) is 0 Å². The molecule has 0 amide bonds. The second-order valence-corrected chi connectivity index (χ2v) is 4.85. The van der Waals surface area contributed by atoms with Gasteiger partial charge in [0.25, 0.3) is 0 Å². The van der Waals surface area contributed by atoms with Gasteiger partial charge in [-0.05, 0) is 36.6 Å². The van der Waals surface area contributed by atoms with Gasteiger partial charge in [-0.1, -0.05) is 18.2 Å². The summed E-state index contributed by atoms with van der Waals surface area (Å²) in [4.78, 5) is 11.8. The second kappa shape index (κ2) is 5.91. The van der Waals surface area contributed by atoms with Crippen LogP contribution in [0.3, 0.4) is 0 Å². The molecule has 3 nitrogen and oxygen atoms in total. The lowest BCUT2D eigenvalue weighted by Gasteiger charge is -2.08. The lowest BCUT2D eigenvalue weighted by Crippen LogP contribution is -2.09. The third-order valence-corrected chi connectivity index (χ3v) is 3.25. The van der Waals surface area contributed by atoms with Gasteiger partial charge < -0.3 is 10.5 Å². The van der Waals surface area contributed by atoms with E-state index in [1.807, 2.05) is 32.0 Å². The fourth-order valence-electron chi connectivity index (χ4n) is 1.84. The number of halogens is 2. The predicted molar refractivity (Wildman–Crippen MR) is 75.8 cm³/mol. The van der Waals surface area contributed by atoms with Crippen molar-refractivity contribution < 1.29 is 18.3 Å². The van der Waals surface area contributed by atoms with Gasteiger partial charge in [0.15, 0.2) is 0 Å².